The fourth-order valence-electron chi connectivity index (χ4n) is 1.97. The molecule has 0 bridgehead atoms. The molecule has 1 aromatic rings. The van der Waals surface area contributed by atoms with E-state index in [9.17, 15) is 4.79 Å². The van der Waals surface area contributed by atoms with Crippen molar-refractivity contribution in [2.45, 2.75) is 19.3 Å². The zero-order valence-corrected chi connectivity index (χ0v) is 13.1. The van der Waals surface area contributed by atoms with Gasteiger partial charge < -0.3 is 10.4 Å². The van der Waals surface area contributed by atoms with Gasteiger partial charge in [-0.1, -0.05) is 15.9 Å². The van der Waals surface area contributed by atoms with Crippen LogP contribution < -0.4 is 5.32 Å². The number of halogens is 2. The Kier molecular flexibility index (Phi) is 4.45. The molecule has 5 heteroatoms. The van der Waals surface area contributed by atoms with Crippen molar-refractivity contribution in [1.29, 1.82) is 0 Å². The van der Waals surface area contributed by atoms with Crippen molar-refractivity contribution in [3.63, 3.8) is 0 Å². The van der Waals surface area contributed by atoms with Gasteiger partial charge in [0, 0.05) is 22.1 Å². The second-order valence-corrected chi connectivity index (χ2v) is 6.55. The first kappa shape index (κ1) is 14.0. The monoisotopic (exact) mass is 375 g/mol. The number of carbonyl (C=O) groups is 1. The number of carbonyl (C=O) groups excluding carboxylic acids is 1. The molecule has 0 spiro atoms. The predicted molar refractivity (Wildman–Crippen MR) is 77.5 cm³/mol. The quantitative estimate of drug-likeness (QED) is 0.829. The van der Waals surface area contributed by atoms with Crippen molar-refractivity contribution in [2.75, 3.05) is 13.2 Å². The van der Waals surface area contributed by atoms with E-state index in [1.54, 1.807) is 6.07 Å². The van der Waals surface area contributed by atoms with E-state index in [1.165, 1.54) is 0 Å². The summed E-state index contributed by atoms with van der Waals surface area (Å²) in [5.74, 6) is -0.0708. The van der Waals surface area contributed by atoms with Crippen LogP contribution >= 0.6 is 31.9 Å². The Morgan fingerprint density at radius 1 is 1.39 bits per heavy atom. The fourth-order valence-corrected chi connectivity index (χ4v) is 3.19. The van der Waals surface area contributed by atoms with E-state index in [-0.39, 0.29) is 17.9 Å². The Bertz CT molecular complexity index is 458. The smallest absolute Gasteiger partial charge is 0.252 e. The van der Waals surface area contributed by atoms with Gasteiger partial charge >= 0.3 is 0 Å². The van der Waals surface area contributed by atoms with E-state index in [4.69, 9.17) is 5.11 Å². The van der Waals surface area contributed by atoms with Crippen LogP contribution in [0.1, 0.15) is 29.6 Å². The van der Waals surface area contributed by atoms with Crippen LogP contribution in [-0.4, -0.2) is 24.2 Å². The van der Waals surface area contributed by atoms with E-state index in [0.717, 1.165) is 28.2 Å². The summed E-state index contributed by atoms with van der Waals surface area (Å²) in [5, 5.41) is 11.9. The molecule has 0 saturated heterocycles. The maximum absolute atomic E-state index is 12.0. The normalized spacial score (nSPS) is 16.4. The van der Waals surface area contributed by atoms with Gasteiger partial charge in [0.15, 0.2) is 0 Å². The lowest BCUT2D eigenvalue weighted by molar-refractivity contribution is 0.0940. The topological polar surface area (TPSA) is 49.3 Å². The van der Waals surface area contributed by atoms with Crippen LogP contribution in [0, 0.1) is 5.41 Å². The third-order valence-corrected chi connectivity index (χ3v) is 4.55. The maximum Gasteiger partial charge on any atom is 0.252 e. The minimum absolute atomic E-state index is 0.0708. The van der Waals surface area contributed by atoms with Gasteiger partial charge in [0.1, 0.15) is 0 Å². The Morgan fingerprint density at radius 2 is 2.11 bits per heavy atom. The maximum atomic E-state index is 12.0. The Hall–Kier alpha value is -0.390. The van der Waals surface area contributed by atoms with E-state index in [0.29, 0.717) is 12.1 Å². The zero-order valence-electron chi connectivity index (χ0n) is 9.88. The number of rotatable bonds is 5. The second kappa shape index (κ2) is 5.72. The molecule has 1 saturated carbocycles. The summed E-state index contributed by atoms with van der Waals surface area (Å²) in [6, 6.07) is 5.49. The van der Waals surface area contributed by atoms with Gasteiger partial charge in [-0.15, -0.1) is 0 Å². The molecule has 0 heterocycles. The number of hydrogen-bond acceptors (Lipinski definition) is 2. The molecule has 1 fully saturated rings. The Labute approximate surface area is 123 Å². The Morgan fingerprint density at radius 3 is 2.67 bits per heavy atom. The van der Waals surface area contributed by atoms with Crippen molar-refractivity contribution in [2.24, 2.45) is 5.41 Å². The standard InChI is InChI=1S/C13H15Br2NO2/c14-9-1-2-10(11(15)7-9)12(18)16-8-13(3-4-13)5-6-17/h1-2,7,17H,3-6,8H2,(H,16,18). The first-order valence-corrected chi connectivity index (χ1v) is 7.49. The van der Waals surface area contributed by atoms with Crippen LogP contribution in [0.4, 0.5) is 0 Å². The minimum Gasteiger partial charge on any atom is -0.396 e. The summed E-state index contributed by atoms with van der Waals surface area (Å²) in [6.45, 7) is 0.840. The summed E-state index contributed by atoms with van der Waals surface area (Å²) in [4.78, 5) is 12.0. The lowest BCUT2D eigenvalue weighted by atomic mass is 10.0. The van der Waals surface area contributed by atoms with Gasteiger partial charge in [-0.2, -0.15) is 0 Å². The SMILES string of the molecule is O=C(NCC1(CCO)CC1)c1ccc(Br)cc1Br. The van der Waals surface area contributed by atoms with Crippen molar-refractivity contribution >= 4 is 37.8 Å². The van der Waals surface area contributed by atoms with E-state index in [2.05, 4.69) is 37.2 Å². The molecule has 1 amide bonds. The highest BCUT2D eigenvalue weighted by molar-refractivity contribution is 9.11. The van der Waals surface area contributed by atoms with Gasteiger partial charge in [0.25, 0.3) is 5.91 Å². The summed E-state index contributed by atoms with van der Waals surface area (Å²) >= 11 is 6.74. The molecule has 98 valence electrons. The minimum atomic E-state index is -0.0708. The Balaban J connectivity index is 1.96. The lowest BCUT2D eigenvalue weighted by Gasteiger charge is -2.15. The molecule has 0 unspecified atom stereocenters. The van der Waals surface area contributed by atoms with Gasteiger partial charge in [0.05, 0.1) is 5.56 Å². The van der Waals surface area contributed by atoms with Gasteiger partial charge in [0.2, 0.25) is 0 Å². The highest BCUT2D eigenvalue weighted by Gasteiger charge is 2.41. The van der Waals surface area contributed by atoms with Crippen molar-refractivity contribution < 1.29 is 9.90 Å². The third kappa shape index (κ3) is 3.33. The molecule has 2 N–H and O–H groups in total. The van der Waals surface area contributed by atoms with Gasteiger partial charge in [-0.3, -0.25) is 4.79 Å². The lowest BCUT2D eigenvalue weighted by Crippen LogP contribution is -2.30. The van der Waals surface area contributed by atoms with Crippen molar-refractivity contribution in [3.8, 4) is 0 Å². The van der Waals surface area contributed by atoms with E-state index in [1.807, 2.05) is 12.1 Å². The van der Waals surface area contributed by atoms with Gasteiger partial charge in [-0.05, 0) is 58.8 Å². The first-order chi connectivity index (χ1) is 8.56. The van der Waals surface area contributed by atoms with Crippen LogP contribution in [0.25, 0.3) is 0 Å². The highest BCUT2D eigenvalue weighted by atomic mass is 79.9. The first-order valence-electron chi connectivity index (χ1n) is 5.90. The molecule has 3 nitrogen and oxygen atoms in total. The van der Waals surface area contributed by atoms with Crippen molar-refractivity contribution in [3.05, 3.63) is 32.7 Å². The summed E-state index contributed by atoms with van der Waals surface area (Å²) in [5.41, 5.74) is 0.782. The van der Waals surface area contributed by atoms with Crippen LogP contribution in [0.5, 0.6) is 0 Å². The number of aliphatic hydroxyl groups is 1. The van der Waals surface area contributed by atoms with E-state index >= 15 is 0 Å². The molecule has 1 aromatic carbocycles. The third-order valence-electron chi connectivity index (χ3n) is 3.40. The zero-order chi connectivity index (χ0) is 13.2. The van der Waals surface area contributed by atoms with E-state index < -0.39 is 0 Å². The molecular weight excluding hydrogens is 362 g/mol. The summed E-state index contributed by atoms with van der Waals surface area (Å²) in [7, 11) is 0. The number of nitrogens with one attached hydrogen (secondary N) is 1. The molecule has 2 rings (SSSR count). The fraction of sp³-hybridized carbons (Fsp3) is 0.462. The van der Waals surface area contributed by atoms with Crippen LogP contribution in [-0.2, 0) is 0 Å². The molecule has 0 aliphatic heterocycles. The predicted octanol–water partition coefficient (Wildman–Crippen LogP) is 3.10. The van der Waals surface area contributed by atoms with Crippen LogP contribution in [0.2, 0.25) is 0 Å². The molecule has 1 aliphatic carbocycles. The largest absolute Gasteiger partial charge is 0.396 e. The average molecular weight is 377 g/mol. The van der Waals surface area contributed by atoms with Crippen LogP contribution in [0.3, 0.4) is 0 Å². The second-order valence-electron chi connectivity index (χ2n) is 4.78. The summed E-state index contributed by atoms with van der Waals surface area (Å²) in [6.07, 6.45) is 2.96. The molecular formula is C13H15Br2NO2. The number of aliphatic hydroxyl groups excluding tert-OH is 1. The molecule has 0 aromatic heterocycles. The molecule has 1 aliphatic rings. The highest BCUT2D eigenvalue weighted by Crippen LogP contribution is 2.47. The molecule has 18 heavy (non-hydrogen) atoms. The average Bonchev–Trinajstić information content (AvgIpc) is 3.07. The van der Waals surface area contributed by atoms with Gasteiger partial charge in [-0.25, -0.2) is 0 Å². The van der Waals surface area contributed by atoms with Crippen molar-refractivity contribution in [1.82, 2.24) is 5.32 Å². The number of amides is 1. The number of hydrogen-bond donors (Lipinski definition) is 2. The van der Waals surface area contributed by atoms with Crippen LogP contribution in [0.15, 0.2) is 27.1 Å². The molecule has 0 atom stereocenters. The molecule has 0 radical (unpaired) electrons. The summed E-state index contributed by atoms with van der Waals surface area (Å²) < 4.78 is 1.71. The number of benzene rings is 1.